The third kappa shape index (κ3) is 3.56. The molecule has 0 unspecified atom stereocenters. The highest BCUT2D eigenvalue weighted by Crippen LogP contribution is 2.27. The first kappa shape index (κ1) is 13.6. The van der Waals surface area contributed by atoms with E-state index in [1.807, 2.05) is 39.0 Å². The Morgan fingerprint density at radius 1 is 1.47 bits per heavy atom. The van der Waals surface area contributed by atoms with Gasteiger partial charge in [-0.05, 0) is 38.8 Å². The van der Waals surface area contributed by atoms with Gasteiger partial charge in [-0.1, -0.05) is 18.2 Å². The summed E-state index contributed by atoms with van der Waals surface area (Å²) in [5.74, 6) is 0. The zero-order valence-corrected chi connectivity index (χ0v) is 11.7. The van der Waals surface area contributed by atoms with Crippen molar-refractivity contribution in [3.63, 3.8) is 0 Å². The first-order valence-electron chi connectivity index (χ1n) is 6.53. The lowest BCUT2D eigenvalue weighted by Crippen LogP contribution is -2.40. The molecule has 0 aliphatic carbocycles. The number of ether oxygens (including phenoxy) is 1. The number of pyridine rings is 1. The van der Waals surface area contributed by atoms with E-state index in [1.54, 1.807) is 17.3 Å². The van der Waals surface area contributed by atoms with Gasteiger partial charge in [0.2, 0.25) is 0 Å². The molecule has 1 atom stereocenters. The van der Waals surface area contributed by atoms with E-state index in [4.69, 9.17) is 4.74 Å². The van der Waals surface area contributed by atoms with Crippen LogP contribution in [0.1, 0.15) is 38.8 Å². The second-order valence-corrected chi connectivity index (χ2v) is 5.62. The molecule has 0 bridgehead atoms. The van der Waals surface area contributed by atoms with Crippen LogP contribution in [-0.2, 0) is 4.74 Å². The Kier molecular flexibility index (Phi) is 3.88. The number of hydrogen-bond acceptors (Lipinski definition) is 3. The summed E-state index contributed by atoms with van der Waals surface area (Å²) in [4.78, 5) is 18.1. The zero-order valence-electron chi connectivity index (χ0n) is 11.7. The van der Waals surface area contributed by atoms with Crippen LogP contribution in [0.3, 0.4) is 0 Å². The van der Waals surface area contributed by atoms with Gasteiger partial charge >= 0.3 is 6.09 Å². The first-order valence-corrected chi connectivity index (χ1v) is 6.53. The predicted octanol–water partition coefficient (Wildman–Crippen LogP) is 3.32. The molecule has 19 heavy (non-hydrogen) atoms. The van der Waals surface area contributed by atoms with E-state index in [0.717, 1.165) is 12.0 Å². The molecule has 2 rings (SSSR count). The molecule has 1 aromatic rings. The fraction of sp³-hybridized carbons (Fsp3) is 0.467. The molecule has 0 saturated carbocycles. The lowest BCUT2D eigenvalue weighted by atomic mass is 10.0. The van der Waals surface area contributed by atoms with Crippen LogP contribution in [0.25, 0.3) is 0 Å². The minimum absolute atomic E-state index is 0.0858. The number of rotatable bonds is 1. The van der Waals surface area contributed by atoms with E-state index >= 15 is 0 Å². The highest BCUT2D eigenvalue weighted by Gasteiger charge is 2.29. The smallest absolute Gasteiger partial charge is 0.411 e. The van der Waals surface area contributed by atoms with Gasteiger partial charge in [0.15, 0.2) is 0 Å². The topological polar surface area (TPSA) is 42.4 Å². The molecule has 102 valence electrons. The molecular weight excluding hydrogens is 240 g/mol. The highest BCUT2D eigenvalue weighted by atomic mass is 16.6. The lowest BCUT2D eigenvalue weighted by Gasteiger charge is -2.34. The number of carbonyl (C=O) groups is 1. The van der Waals surface area contributed by atoms with Gasteiger partial charge in [0.05, 0.1) is 6.04 Å². The van der Waals surface area contributed by atoms with E-state index < -0.39 is 5.60 Å². The van der Waals surface area contributed by atoms with Crippen LogP contribution < -0.4 is 0 Å². The molecule has 0 aromatic carbocycles. The largest absolute Gasteiger partial charge is 0.444 e. The second-order valence-electron chi connectivity index (χ2n) is 5.62. The van der Waals surface area contributed by atoms with Crippen molar-refractivity contribution in [2.75, 3.05) is 6.54 Å². The van der Waals surface area contributed by atoms with Crippen LogP contribution >= 0.6 is 0 Å². The number of aromatic nitrogens is 1. The molecule has 0 saturated heterocycles. The lowest BCUT2D eigenvalue weighted by molar-refractivity contribution is 0.0190. The molecule has 1 amide bonds. The Labute approximate surface area is 114 Å². The maximum atomic E-state index is 12.2. The number of nitrogens with zero attached hydrogens (tertiary/aromatic N) is 2. The normalized spacial score (nSPS) is 19.3. The van der Waals surface area contributed by atoms with E-state index in [0.29, 0.717) is 6.54 Å². The first-order chi connectivity index (χ1) is 8.97. The second kappa shape index (κ2) is 5.43. The van der Waals surface area contributed by atoms with Gasteiger partial charge in [-0.15, -0.1) is 0 Å². The molecule has 1 aromatic heterocycles. The summed E-state index contributed by atoms with van der Waals surface area (Å²) < 4.78 is 5.46. The minimum atomic E-state index is -0.474. The Hall–Kier alpha value is -1.84. The van der Waals surface area contributed by atoms with Crippen LogP contribution in [0.5, 0.6) is 0 Å². The fourth-order valence-electron chi connectivity index (χ4n) is 2.05. The quantitative estimate of drug-likeness (QED) is 0.727. The average molecular weight is 260 g/mol. The van der Waals surface area contributed by atoms with Crippen molar-refractivity contribution in [2.24, 2.45) is 0 Å². The molecular formula is C15H20N2O2. The van der Waals surface area contributed by atoms with Crippen LogP contribution in [0.2, 0.25) is 0 Å². The fourth-order valence-corrected chi connectivity index (χ4v) is 2.05. The van der Waals surface area contributed by atoms with Crippen molar-refractivity contribution in [3.8, 4) is 0 Å². The van der Waals surface area contributed by atoms with Crippen molar-refractivity contribution >= 4 is 6.09 Å². The van der Waals surface area contributed by atoms with Gasteiger partial charge in [-0.25, -0.2) is 4.79 Å². The number of hydrogen-bond donors (Lipinski definition) is 0. The molecule has 2 heterocycles. The summed E-state index contributed by atoms with van der Waals surface area (Å²) in [5.41, 5.74) is 0.530. The third-order valence-electron chi connectivity index (χ3n) is 2.84. The standard InChI is InChI=1S/C15H20N2O2/c1-15(2,3)19-14(18)17-10-5-4-8-13(17)12-7-6-9-16-11-12/h4,6-9,11,13H,5,10H2,1-3H3/t13-/m0/s1. The van der Waals surface area contributed by atoms with Crippen LogP contribution in [0.15, 0.2) is 36.7 Å². The molecule has 0 radical (unpaired) electrons. The van der Waals surface area contributed by atoms with Crippen LogP contribution in [0.4, 0.5) is 4.79 Å². The minimum Gasteiger partial charge on any atom is -0.444 e. The molecule has 0 N–H and O–H groups in total. The summed E-state index contributed by atoms with van der Waals surface area (Å²) in [7, 11) is 0. The molecule has 0 fully saturated rings. The monoisotopic (exact) mass is 260 g/mol. The molecule has 4 nitrogen and oxygen atoms in total. The molecule has 0 spiro atoms. The van der Waals surface area contributed by atoms with Gasteiger partial charge in [-0.3, -0.25) is 9.88 Å². The van der Waals surface area contributed by atoms with Gasteiger partial charge in [0, 0.05) is 18.9 Å². The van der Waals surface area contributed by atoms with E-state index in [9.17, 15) is 4.79 Å². The maximum Gasteiger partial charge on any atom is 0.411 e. The summed E-state index contributed by atoms with van der Waals surface area (Å²) in [5, 5.41) is 0. The van der Waals surface area contributed by atoms with Gasteiger partial charge < -0.3 is 4.74 Å². The zero-order chi connectivity index (χ0) is 13.9. The Morgan fingerprint density at radius 2 is 2.26 bits per heavy atom. The van der Waals surface area contributed by atoms with Crippen molar-refractivity contribution < 1.29 is 9.53 Å². The van der Waals surface area contributed by atoms with Crippen molar-refractivity contribution in [2.45, 2.75) is 38.8 Å². The third-order valence-corrected chi connectivity index (χ3v) is 2.84. The Morgan fingerprint density at radius 3 is 2.89 bits per heavy atom. The van der Waals surface area contributed by atoms with Crippen molar-refractivity contribution in [1.82, 2.24) is 9.88 Å². The Balaban J connectivity index is 2.19. The summed E-state index contributed by atoms with van der Waals surface area (Å²) in [6.45, 7) is 6.31. The number of amides is 1. The number of carbonyl (C=O) groups excluding carboxylic acids is 1. The van der Waals surface area contributed by atoms with Crippen LogP contribution in [-0.4, -0.2) is 28.1 Å². The maximum absolute atomic E-state index is 12.2. The van der Waals surface area contributed by atoms with E-state index in [-0.39, 0.29) is 12.1 Å². The van der Waals surface area contributed by atoms with Crippen molar-refractivity contribution in [3.05, 3.63) is 42.2 Å². The van der Waals surface area contributed by atoms with Gasteiger partial charge in [-0.2, -0.15) is 0 Å². The van der Waals surface area contributed by atoms with E-state index in [2.05, 4.69) is 11.1 Å². The molecule has 1 aliphatic heterocycles. The van der Waals surface area contributed by atoms with Gasteiger partial charge in [0.25, 0.3) is 0 Å². The highest BCUT2D eigenvalue weighted by molar-refractivity contribution is 5.69. The van der Waals surface area contributed by atoms with Crippen molar-refractivity contribution in [1.29, 1.82) is 0 Å². The summed E-state index contributed by atoms with van der Waals surface area (Å²) in [6, 6.07) is 3.77. The molecule has 1 aliphatic rings. The predicted molar refractivity (Wildman–Crippen MR) is 73.7 cm³/mol. The van der Waals surface area contributed by atoms with Crippen LogP contribution in [0, 0.1) is 0 Å². The summed E-state index contributed by atoms with van der Waals surface area (Å²) in [6.07, 6.45) is 8.23. The SMILES string of the molecule is CC(C)(C)OC(=O)N1CCC=C[C@H]1c1cccnc1. The summed E-state index contributed by atoms with van der Waals surface area (Å²) >= 11 is 0. The molecule has 4 heteroatoms. The average Bonchev–Trinajstić information content (AvgIpc) is 2.38. The van der Waals surface area contributed by atoms with E-state index in [1.165, 1.54) is 0 Å². The van der Waals surface area contributed by atoms with Gasteiger partial charge in [0.1, 0.15) is 5.60 Å². The Bertz CT molecular complexity index is 463.